The van der Waals surface area contributed by atoms with Crippen molar-refractivity contribution in [2.75, 3.05) is 7.05 Å². The third-order valence-electron chi connectivity index (χ3n) is 2.94. The average Bonchev–Trinajstić information content (AvgIpc) is 2.98. The van der Waals surface area contributed by atoms with E-state index in [4.69, 9.17) is 4.52 Å². The number of fused-ring (bicyclic) bond motifs is 1. The van der Waals surface area contributed by atoms with Crippen molar-refractivity contribution < 1.29 is 9.32 Å². The molecule has 0 atom stereocenters. The Labute approximate surface area is 118 Å². The molecule has 8 heteroatoms. The minimum Gasteiger partial charge on any atom is -0.351 e. The third kappa shape index (κ3) is 2.38. The molecule has 0 aliphatic carbocycles. The molecular weight excluding hydrogens is 274 g/mol. The van der Waals surface area contributed by atoms with Gasteiger partial charge in [0.2, 0.25) is 0 Å². The number of hydrogen-bond donors (Lipinski definition) is 1. The van der Waals surface area contributed by atoms with E-state index >= 15 is 0 Å². The van der Waals surface area contributed by atoms with Crippen molar-refractivity contribution >= 4 is 16.8 Å². The van der Waals surface area contributed by atoms with Gasteiger partial charge in [-0.2, -0.15) is 4.98 Å². The van der Waals surface area contributed by atoms with E-state index in [2.05, 4.69) is 20.4 Å². The van der Waals surface area contributed by atoms with Gasteiger partial charge in [0.25, 0.3) is 5.56 Å². The van der Waals surface area contributed by atoms with Crippen LogP contribution in [0.2, 0.25) is 0 Å². The second-order valence-electron chi connectivity index (χ2n) is 4.28. The summed E-state index contributed by atoms with van der Waals surface area (Å²) < 4.78 is 6.25. The molecule has 1 N–H and O–H groups in total. The number of amides is 1. The van der Waals surface area contributed by atoms with Crippen molar-refractivity contribution in [3.63, 3.8) is 0 Å². The Bertz CT molecular complexity index is 867. The maximum absolute atomic E-state index is 12.3. The monoisotopic (exact) mass is 285 g/mol. The van der Waals surface area contributed by atoms with E-state index in [9.17, 15) is 9.59 Å². The Morgan fingerprint density at radius 1 is 1.43 bits per heavy atom. The number of pyridine rings is 2. The van der Waals surface area contributed by atoms with E-state index in [0.717, 1.165) is 0 Å². The summed E-state index contributed by atoms with van der Waals surface area (Å²) in [5.41, 5.74) is 0.421. The van der Waals surface area contributed by atoms with E-state index in [1.165, 1.54) is 11.6 Å². The van der Waals surface area contributed by atoms with Gasteiger partial charge in [0, 0.05) is 19.4 Å². The molecule has 0 aromatic carbocycles. The molecule has 0 spiro atoms. The van der Waals surface area contributed by atoms with Crippen LogP contribution >= 0.6 is 0 Å². The zero-order valence-corrected chi connectivity index (χ0v) is 11.1. The number of aromatic nitrogens is 4. The summed E-state index contributed by atoms with van der Waals surface area (Å²) in [6.45, 7) is 0.115. The van der Waals surface area contributed by atoms with Gasteiger partial charge < -0.3 is 14.4 Å². The highest BCUT2D eigenvalue weighted by Crippen LogP contribution is 2.06. The average molecular weight is 285 g/mol. The van der Waals surface area contributed by atoms with Gasteiger partial charge in [-0.1, -0.05) is 5.16 Å². The lowest BCUT2D eigenvalue weighted by Gasteiger charge is -2.03. The first-order valence-corrected chi connectivity index (χ1v) is 6.18. The summed E-state index contributed by atoms with van der Waals surface area (Å²) in [7, 11) is 1.47. The van der Waals surface area contributed by atoms with Crippen LogP contribution in [-0.2, 0) is 6.54 Å². The maximum atomic E-state index is 12.3. The van der Waals surface area contributed by atoms with E-state index < -0.39 is 5.91 Å². The molecule has 0 saturated carbocycles. The highest BCUT2D eigenvalue weighted by molar-refractivity contribution is 5.89. The molecule has 3 aromatic heterocycles. The van der Waals surface area contributed by atoms with Crippen molar-refractivity contribution in [2.24, 2.45) is 0 Å². The molecule has 8 nitrogen and oxygen atoms in total. The molecule has 0 aliphatic heterocycles. The minimum atomic E-state index is -0.469. The van der Waals surface area contributed by atoms with Crippen LogP contribution in [0.4, 0.5) is 0 Å². The predicted molar refractivity (Wildman–Crippen MR) is 72.8 cm³/mol. The molecule has 3 rings (SSSR count). The molecular formula is C13H11N5O3. The van der Waals surface area contributed by atoms with Gasteiger partial charge in [-0.15, -0.1) is 0 Å². The molecule has 3 aromatic rings. The van der Waals surface area contributed by atoms with Gasteiger partial charge in [0.05, 0.1) is 17.4 Å². The van der Waals surface area contributed by atoms with Crippen LogP contribution in [0, 0.1) is 0 Å². The summed E-state index contributed by atoms with van der Waals surface area (Å²) in [5.74, 6) is -0.356. The summed E-state index contributed by atoms with van der Waals surface area (Å²) in [4.78, 5) is 31.7. The van der Waals surface area contributed by atoms with Gasteiger partial charge in [-0.3, -0.25) is 14.6 Å². The van der Waals surface area contributed by atoms with Gasteiger partial charge in [0.15, 0.2) is 5.82 Å². The van der Waals surface area contributed by atoms with Crippen molar-refractivity contribution in [3.05, 3.63) is 52.7 Å². The lowest BCUT2D eigenvalue weighted by atomic mass is 10.2. The highest BCUT2D eigenvalue weighted by atomic mass is 16.5. The Kier molecular flexibility index (Phi) is 3.19. The van der Waals surface area contributed by atoms with Crippen molar-refractivity contribution in [1.82, 2.24) is 25.0 Å². The summed E-state index contributed by atoms with van der Waals surface area (Å²) in [6.07, 6.45) is 3.23. The first-order valence-electron chi connectivity index (χ1n) is 6.18. The van der Waals surface area contributed by atoms with Crippen molar-refractivity contribution in [3.8, 4) is 0 Å². The zero-order valence-electron chi connectivity index (χ0n) is 11.1. The number of nitrogens with one attached hydrogen (secondary N) is 1. The van der Waals surface area contributed by atoms with Crippen molar-refractivity contribution in [1.29, 1.82) is 0 Å². The number of rotatable bonds is 3. The lowest BCUT2D eigenvalue weighted by molar-refractivity contribution is 0.0919. The first-order chi connectivity index (χ1) is 10.2. The van der Waals surface area contributed by atoms with Crippen LogP contribution < -0.4 is 10.9 Å². The summed E-state index contributed by atoms with van der Waals surface area (Å²) in [5, 5.41) is 6.57. The molecule has 3 heterocycles. The van der Waals surface area contributed by atoms with E-state index in [1.54, 1.807) is 30.6 Å². The van der Waals surface area contributed by atoms with Crippen LogP contribution in [0.15, 0.2) is 39.9 Å². The molecule has 0 fully saturated rings. The fraction of sp³-hybridized carbons (Fsp3) is 0.154. The molecule has 21 heavy (non-hydrogen) atoms. The Morgan fingerprint density at radius 3 is 3.10 bits per heavy atom. The van der Waals surface area contributed by atoms with Crippen LogP contribution in [0.1, 0.15) is 16.5 Å². The zero-order chi connectivity index (χ0) is 14.8. The number of nitrogens with zero attached hydrogens (tertiary/aromatic N) is 4. The Balaban J connectivity index is 1.95. The van der Waals surface area contributed by atoms with E-state index in [-0.39, 0.29) is 23.8 Å². The molecule has 0 saturated heterocycles. The Morgan fingerprint density at radius 2 is 2.29 bits per heavy atom. The maximum Gasteiger partial charge on any atom is 0.315 e. The standard InChI is InChI=1S/C13H11N5O3/c1-14-11(19)12-16-10(17-21-12)7-18-6-4-9-8(13(18)20)3-2-5-15-9/h2-6H,7H2,1H3,(H,14,19). The molecule has 0 radical (unpaired) electrons. The Hall–Kier alpha value is -3.03. The topological polar surface area (TPSA) is 103 Å². The number of hydrogen-bond acceptors (Lipinski definition) is 6. The minimum absolute atomic E-state index is 0.115. The van der Waals surface area contributed by atoms with Crippen LogP contribution in [-0.4, -0.2) is 32.6 Å². The van der Waals surface area contributed by atoms with E-state index in [0.29, 0.717) is 10.9 Å². The van der Waals surface area contributed by atoms with Crippen LogP contribution in [0.3, 0.4) is 0 Å². The van der Waals surface area contributed by atoms with Gasteiger partial charge in [0.1, 0.15) is 0 Å². The lowest BCUT2D eigenvalue weighted by Crippen LogP contribution is -2.21. The smallest absolute Gasteiger partial charge is 0.315 e. The van der Waals surface area contributed by atoms with E-state index in [1.807, 2.05) is 0 Å². The normalized spacial score (nSPS) is 10.7. The van der Waals surface area contributed by atoms with Gasteiger partial charge in [-0.05, 0) is 18.2 Å². The summed E-state index contributed by atoms with van der Waals surface area (Å²) in [6, 6.07) is 5.13. The molecule has 0 aliphatic rings. The fourth-order valence-corrected chi connectivity index (χ4v) is 1.91. The number of carbonyl (C=O) groups is 1. The molecule has 1 amide bonds. The SMILES string of the molecule is CNC(=O)c1nc(Cn2ccc3ncccc3c2=O)no1. The number of carbonyl (C=O) groups excluding carboxylic acids is 1. The first kappa shape index (κ1) is 13.0. The molecule has 0 bridgehead atoms. The summed E-state index contributed by atoms with van der Waals surface area (Å²) >= 11 is 0. The second kappa shape index (κ2) is 5.16. The van der Waals surface area contributed by atoms with Crippen LogP contribution in [0.25, 0.3) is 10.9 Å². The van der Waals surface area contributed by atoms with Gasteiger partial charge in [-0.25, -0.2) is 0 Å². The third-order valence-corrected chi connectivity index (χ3v) is 2.94. The molecule has 0 unspecified atom stereocenters. The molecule has 106 valence electrons. The van der Waals surface area contributed by atoms with Crippen molar-refractivity contribution in [2.45, 2.75) is 6.54 Å². The quantitative estimate of drug-likeness (QED) is 0.736. The van der Waals surface area contributed by atoms with Crippen LogP contribution in [0.5, 0.6) is 0 Å². The fourth-order valence-electron chi connectivity index (χ4n) is 1.91. The predicted octanol–water partition coefficient (Wildman–Crippen LogP) is 0.187. The van der Waals surface area contributed by atoms with Gasteiger partial charge >= 0.3 is 11.8 Å². The highest BCUT2D eigenvalue weighted by Gasteiger charge is 2.14. The second-order valence-corrected chi connectivity index (χ2v) is 4.28. The largest absolute Gasteiger partial charge is 0.351 e.